The summed E-state index contributed by atoms with van der Waals surface area (Å²) in [5.41, 5.74) is 1.12. The van der Waals surface area contributed by atoms with Gasteiger partial charge in [-0.1, -0.05) is 17.7 Å². The monoisotopic (exact) mass is 282 g/mol. The molecule has 104 valence electrons. The van der Waals surface area contributed by atoms with Crippen molar-refractivity contribution >= 4 is 24.2 Å². The molecule has 0 saturated carbocycles. The van der Waals surface area contributed by atoms with E-state index < -0.39 is 7.12 Å². The summed E-state index contributed by atoms with van der Waals surface area (Å²) in [6.07, 6.45) is 0. The molecule has 0 aromatic heterocycles. The standard InChI is InChI=1S/C14H20BClO3/c1-9-7-8-10(17-6)12(16)11(9)15-18-13(2,3)14(4,5)19-15/h7-8H,1-6H3. The Labute approximate surface area is 120 Å². The van der Waals surface area contributed by atoms with Crippen LogP contribution in [0.5, 0.6) is 5.75 Å². The van der Waals surface area contributed by atoms with E-state index in [1.807, 2.05) is 46.8 Å². The third kappa shape index (κ3) is 2.37. The highest BCUT2D eigenvalue weighted by Gasteiger charge is 2.52. The molecule has 0 atom stereocenters. The number of halogens is 1. The highest BCUT2D eigenvalue weighted by molar-refractivity contribution is 6.66. The predicted octanol–water partition coefficient (Wildman–Crippen LogP) is 2.96. The smallest absolute Gasteiger partial charge is 0.495 e. The molecule has 0 radical (unpaired) electrons. The molecule has 5 heteroatoms. The van der Waals surface area contributed by atoms with Crippen LogP contribution in [0.3, 0.4) is 0 Å². The highest BCUT2D eigenvalue weighted by Crippen LogP contribution is 2.38. The van der Waals surface area contributed by atoms with Gasteiger partial charge in [0.15, 0.2) is 0 Å². The molecule has 0 unspecified atom stereocenters. The summed E-state index contributed by atoms with van der Waals surface area (Å²) in [5, 5.41) is 0.556. The van der Waals surface area contributed by atoms with Gasteiger partial charge >= 0.3 is 7.12 Å². The molecule has 3 nitrogen and oxygen atoms in total. The molecule has 19 heavy (non-hydrogen) atoms. The van der Waals surface area contributed by atoms with Crippen LogP contribution in [0.25, 0.3) is 0 Å². The second kappa shape index (κ2) is 4.69. The summed E-state index contributed by atoms with van der Waals surface area (Å²) < 4.78 is 17.4. The van der Waals surface area contributed by atoms with Gasteiger partial charge in [0.25, 0.3) is 0 Å². The van der Waals surface area contributed by atoms with Crippen molar-refractivity contribution < 1.29 is 14.0 Å². The molecule has 2 rings (SSSR count). The Balaban J connectivity index is 2.45. The van der Waals surface area contributed by atoms with E-state index in [1.165, 1.54) is 0 Å². The molecule has 1 saturated heterocycles. The number of rotatable bonds is 2. The first kappa shape index (κ1) is 14.7. The second-order valence-corrected chi connectivity index (χ2v) is 6.28. The van der Waals surface area contributed by atoms with Crippen molar-refractivity contribution in [3.8, 4) is 5.75 Å². The summed E-state index contributed by atoms with van der Waals surface area (Å²) in [6.45, 7) is 10.1. The van der Waals surface area contributed by atoms with Crippen LogP contribution in [-0.2, 0) is 9.31 Å². The quantitative estimate of drug-likeness (QED) is 0.781. The molecule has 0 spiro atoms. The van der Waals surface area contributed by atoms with E-state index in [0.29, 0.717) is 10.8 Å². The Morgan fingerprint density at radius 1 is 1.11 bits per heavy atom. The van der Waals surface area contributed by atoms with Gasteiger partial charge in [-0.05, 0) is 46.2 Å². The van der Waals surface area contributed by atoms with E-state index in [2.05, 4.69) is 0 Å². The average Bonchev–Trinajstić information content (AvgIpc) is 2.48. The SMILES string of the molecule is COc1ccc(C)c(B2OC(C)(C)C(C)(C)O2)c1Cl. The Morgan fingerprint density at radius 3 is 2.11 bits per heavy atom. The average molecular weight is 283 g/mol. The van der Waals surface area contributed by atoms with Crippen molar-refractivity contribution in [1.82, 2.24) is 0 Å². The topological polar surface area (TPSA) is 27.7 Å². The predicted molar refractivity (Wildman–Crippen MR) is 78.5 cm³/mol. The molecule has 0 aliphatic carbocycles. The Morgan fingerprint density at radius 2 is 1.63 bits per heavy atom. The molecular weight excluding hydrogens is 262 g/mol. The minimum Gasteiger partial charge on any atom is -0.495 e. The van der Waals surface area contributed by atoms with E-state index in [9.17, 15) is 0 Å². The molecule has 1 aliphatic heterocycles. The largest absolute Gasteiger partial charge is 0.496 e. The zero-order valence-electron chi connectivity index (χ0n) is 12.3. The van der Waals surface area contributed by atoms with E-state index in [1.54, 1.807) is 7.11 Å². The number of methoxy groups -OCH3 is 1. The van der Waals surface area contributed by atoms with Crippen LogP contribution in [0.4, 0.5) is 0 Å². The van der Waals surface area contributed by atoms with Crippen molar-refractivity contribution in [2.45, 2.75) is 45.8 Å². The Hall–Kier alpha value is -0.705. The molecule has 0 amide bonds. The first-order valence-corrected chi connectivity index (χ1v) is 6.76. The summed E-state index contributed by atoms with van der Waals surface area (Å²) >= 11 is 6.40. The lowest BCUT2D eigenvalue weighted by Gasteiger charge is -2.32. The summed E-state index contributed by atoms with van der Waals surface area (Å²) in [7, 11) is 1.14. The van der Waals surface area contributed by atoms with Gasteiger partial charge in [0.2, 0.25) is 0 Å². The molecule has 0 N–H and O–H groups in total. The van der Waals surface area contributed by atoms with Crippen LogP contribution < -0.4 is 10.2 Å². The number of ether oxygens (including phenoxy) is 1. The summed E-state index contributed by atoms with van der Waals surface area (Å²) in [6, 6.07) is 3.82. The van der Waals surface area contributed by atoms with Gasteiger partial charge in [0, 0.05) is 5.46 Å². The third-order valence-corrected chi connectivity index (χ3v) is 4.46. The lowest BCUT2D eigenvalue weighted by atomic mass is 9.76. The molecule has 1 aliphatic rings. The van der Waals surface area contributed by atoms with Crippen molar-refractivity contribution in [3.63, 3.8) is 0 Å². The molecular formula is C14H20BClO3. The molecule has 1 fully saturated rings. The summed E-state index contributed by atoms with van der Waals surface area (Å²) in [4.78, 5) is 0. The number of hydrogen-bond acceptors (Lipinski definition) is 3. The number of hydrogen-bond donors (Lipinski definition) is 0. The van der Waals surface area contributed by atoms with Gasteiger partial charge in [-0.2, -0.15) is 0 Å². The van der Waals surface area contributed by atoms with E-state index in [0.717, 1.165) is 11.0 Å². The van der Waals surface area contributed by atoms with Gasteiger partial charge in [0.1, 0.15) is 5.75 Å². The molecule has 0 bridgehead atoms. The van der Waals surface area contributed by atoms with Crippen LogP contribution >= 0.6 is 11.6 Å². The van der Waals surface area contributed by atoms with Crippen molar-refractivity contribution in [3.05, 3.63) is 22.7 Å². The third-order valence-electron chi connectivity index (χ3n) is 4.07. The van der Waals surface area contributed by atoms with Crippen molar-refractivity contribution in [1.29, 1.82) is 0 Å². The van der Waals surface area contributed by atoms with Crippen LogP contribution in [0, 0.1) is 6.92 Å². The first-order chi connectivity index (χ1) is 8.69. The van der Waals surface area contributed by atoms with E-state index >= 15 is 0 Å². The minimum atomic E-state index is -0.465. The number of aryl methyl sites for hydroxylation is 1. The highest BCUT2D eigenvalue weighted by atomic mass is 35.5. The minimum absolute atomic E-state index is 0.378. The Kier molecular flexibility index (Phi) is 3.63. The van der Waals surface area contributed by atoms with Crippen LogP contribution in [0.2, 0.25) is 5.02 Å². The van der Waals surface area contributed by atoms with Crippen LogP contribution in [-0.4, -0.2) is 25.4 Å². The Bertz CT molecular complexity index is 484. The summed E-state index contributed by atoms with van der Waals surface area (Å²) in [5.74, 6) is 0.636. The maximum atomic E-state index is 6.40. The van der Waals surface area contributed by atoms with Crippen molar-refractivity contribution in [2.24, 2.45) is 0 Å². The zero-order chi connectivity index (χ0) is 14.4. The maximum absolute atomic E-state index is 6.40. The fourth-order valence-electron chi connectivity index (χ4n) is 2.08. The van der Waals surface area contributed by atoms with Gasteiger partial charge < -0.3 is 14.0 Å². The fraction of sp³-hybridized carbons (Fsp3) is 0.571. The molecule has 1 aromatic rings. The fourth-order valence-corrected chi connectivity index (χ4v) is 2.46. The van der Waals surface area contributed by atoms with Crippen LogP contribution in [0.1, 0.15) is 33.3 Å². The normalized spacial score (nSPS) is 20.7. The van der Waals surface area contributed by atoms with E-state index in [-0.39, 0.29) is 11.2 Å². The second-order valence-electron chi connectivity index (χ2n) is 5.90. The zero-order valence-corrected chi connectivity index (χ0v) is 13.1. The maximum Gasteiger partial charge on any atom is 0.496 e. The van der Waals surface area contributed by atoms with Gasteiger partial charge in [-0.15, -0.1) is 0 Å². The number of benzene rings is 1. The van der Waals surface area contributed by atoms with Crippen LogP contribution in [0.15, 0.2) is 12.1 Å². The lowest BCUT2D eigenvalue weighted by molar-refractivity contribution is 0.00578. The molecule has 1 heterocycles. The van der Waals surface area contributed by atoms with Crippen molar-refractivity contribution in [2.75, 3.05) is 7.11 Å². The first-order valence-electron chi connectivity index (χ1n) is 6.38. The van der Waals surface area contributed by atoms with E-state index in [4.69, 9.17) is 25.6 Å². The molecule has 1 aromatic carbocycles. The van der Waals surface area contributed by atoms with Gasteiger partial charge in [-0.3, -0.25) is 0 Å². The lowest BCUT2D eigenvalue weighted by Crippen LogP contribution is -2.41. The van der Waals surface area contributed by atoms with Gasteiger partial charge in [-0.25, -0.2) is 0 Å². The van der Waals surface area contributed by atoms with Gasteiger partial charge in [0.05, 0.1) is 23.3 Å².